The number of carbonyl (C=O) groups excluding carboxylic acids is 1. The Bertz CT molecular complexity index is 1140. The van der Waals surface area contributed by atoms with Gasteiger partial charge in [0.15, 0.2) is 5.82 Å². The van der Waals surface area contributed by atoms with Crippen molar-refractivity contribution in [2.75, 3.05) is 16.7 Å². The van der Waals surface area contributed by atoms with E-state index >= 15 is 0 Å². The minimum absolute atomic E-state index is 0.0561. The van der Waals surface area contributed by atoms with E-state index in [0.29, 0.717) is 28.5 Å². The molecule has 0 unspecified atom stereocenters. The van der Waals surface area contributed by atoms with Gasteiger partial charge in [0.2, 0.25) is 5.91 Å². The summed E-state index contributed by atoms with van der Waals surface area (Å²) >= 11 is 0. The SMILES string of the molecule is Cc1noc(-c2ccc(NS(=O)(=O)c3ccc4c(c3)CC(=O)N4C)cc2)n1. The molecule has 0 bridgehead atoms. The van der Waals surface area contributed by atoms with Gasteiger partial charge in [0, 0.05) is 24.0 Å². The summed E-state index contributed by atoms with van der Waals surface area (Å²) in [5, 5.41) is 3.73. The molecule has 0 atom stereocenters. The lowest BCUT2D eigenvalue weighted by molar-refractivity contribution is -0.117. The molecule has 0 saturated heterocycles. The van der Waals surface area contributed by atoms with Crippen LogP contribution in [0.2, 0.25) is 0 Å². The molecule has 0 saturated carbocycles. The van der Waals surface area contributed by atoms with Crippen LogP contribution in [0.4, 0.5) is 11.4 Å². The number of amides is 1. The molecular formula is C18H16N4O4S. The van der Waals surface area contributed by atoms with Crippen molar-refractivity contribution in [1.29, 1.82) is 0 Å². The highest BCUT2D eigenvalue weighted by Gasteiger charge is 2.26. The summed E-state index contributed by atoms with van der Waals surface area (Å²) < 4.78 is 33.0. The average molecular weight is 384 g/mol. The molecule has 138 valence electrons. The van der Waals surface area contributed by atoms with Crippen LogP contribution in [0, 0.1) is 6.92 Å². The smallest absolute Gasteiger partial charge is 0.261 e. The maximum absolute atomic E-state index is 12.7. The number of anilines is 2. The van der Waals surface area contributed by atoms with Gasteiger partial charge in [0.1, 0.15) is 0 Å². The monoisotopic (exact) mass is 384 g/mol. The number of nitrogens with one attached hydrogen (secondary N) is 1. The topological polar surface area (TPSA) is 105 Å². The first-order valence-corrected chi connectivity index (χ1v) is 9.65. The van der Waals surface area contributed by atoms with Crippen LogP contribution in [0.25, 0.3) is 11.5 Å². The van der Waals surface area contributed by atoms with Crippen LogP contribution in [0.15, 0.2) is 51.9 Å². The van der Waals surface area contributed by atoms with Crippen molar-refractivity contribution in [3.05, 3.63) is 53.9 Å². The first-order valence-electron chi connectivity index (χ1n) is 8.16. The number of sulfonamides is 1. The number of aromatic nitrogens is 2. The largest absolute Gasteiger partial charge is 0.334 e. The van der Waals surface area contributed by atoms with Crippen molar-refractivity contribution in [3.8, 4) is 11.5 Å². The first kappa shape index (κ1) is 17.2. The predicted molar refractivity (Wildman–Crippen MR) is 98.8 cm³/mol. The molecule has 2 aromatic carbocycles. The molecule has 27 heavy (non-hydrogen) atoms. The number of likely N-dealkylation sites (N-methyl/N-ethyl adjacent to an activating group) is 1. The summed E-state index contributed by atoms with van der Waals surface area (Å²) in [6, 6.07) is 11.3. The van der Waals surface area contributed by atoms with E-state index in [1.807, 2.05) is 0 Å². The second-order valence-electron chi connectivity index (χ2n) is 6.25. The van der Waals surface area contributed by atoms with Gasteiger partial charge in [-0.1, -0.05) is 5.16 Å². The van der Waals surface area contributed by atoms with Crippen LogP contribution in [-0.4, -0.2) is 31.5 Å². The second kappa shape index (κ2) is 6.20. The molecule has 1 aliphatic heterocycles. The van der Waals surface area contributed by atoms with Gasteiger partial charge in [0.05, 0.1) is 11.3 Å². The van der Waals surface area contributed by atoms with Gasteiger partial charge >= 0.3 is 0 Å². The molecule has 1 N–H and O–H groups in total. The standard InChI is InChI=1S/C18H16N4O4S/c1-11-19-18(26-20-11)12-3-5-14(6-4-12)21-27(24,25)15-7-8-16-13(9-15)10-17(23)22(16)2/h3-9,21H,10H2,1-2H3. The summed E-state index contributed by atoms with van der Waals surface area (Å²) in [6.07, 6.45) is 0.202. The van der Waals surface area contributed by atoms with Gasteiger partial charge in [-0.25, -0.2) is 8.42 Å². The Kier molecular flexibility index (Phi) is 3.96. The Morgan fingerprint density at radius 1 is 1.15 bits per heavy atom. The van der Waals surface area contributed by atoms with Crippen LogP contribution in [0.3, 0.4) is 0 Å². The summed E-state index contributed by atoms with van der Waals surface area (Å²) in [6.45, 7) is 1.72. The van der Waals surface area contributed by atoms with Crippen LogP contribution in [-0.2, 0) is 21.2 Å². The molecule has 8 nitrogen and oxygen atoms in total. The molecule has 0 aliphatic carbocycles. The number of hydrogen-bond donors (Lipinski definition) is 1. The zero-order valence-electron chi connectivity index (χ0n) is 14.6. The molecule has 0 fully saturated rings. The molecule has 0 radical (unpaired) electrons. The number of hydrogen-bond acceptors (Lipinski definition) is 6. The van der Waals surface area contributed by atoms with Crippen molar-refractivity contribution in [2.24, 2.45) is 0 Å². The highest BCUT2D eigenvalue weighted by atomic mass is 32.2. The Hall–Kier alpha value is -3.20. The van der Waals surface area contributed by atoms with Gasteiger partial charge in [-0.2, -0.15) is 4.98 Å². The Morgan fingerprint density at radius 2 is 1.89 bits per heavy atom. The van der Waals surface area contributed by atoms with E-state index in [-0.39, 0.29) is 17.2 Å². The van der Waals surface area contributed by atoms with Crippen LogP contribution < -0.4 is 9.62 Å². The summed E-state index contributed by atoms with van der Waals surface area (Å²) in [5.41, 5.74) is 2.53. The van der Waals surface area contributed by atoms with Crippen molar-refractivity contribution >= 4 is 27.3 Å². The highest BCUT2D eigenvalue weighted by molar-refractivity contribution is 7.92. The van der Waals surface area contributed by atoms with Gasteiger partial charge in [0.25, 0.3) is 15.9 Å². The molecule has 4 rings (SSSR count). The molecule has 0 spiro atoms. The fourth-order valence-corrected chi connectivity index (χ4v) is 4.03. The van der Waals surface area contributed by atoms with Crippen molar-refractivity contribution in [1.82, 2.24) is 10.1 Å². The molecule has 1 amide bonds. The maximum Gasteiger partial charge on any atom is 0.261 e. The average Bonchev–Trinajstić information content (AvgIpc) is 3.19. The number of fused-ring (bicyclic) bond motifs is 1. The first-order chi connectivity index (χ1) is 12.8. The quantitative estimate of drug-likeness (QED) is 0.740. The lowest BCUT2D eigenvalue weighted by Crippen LogP contribution is -2.20. The van der Waals surface area contributed by atoms with Gasteiger partial charge in [-0.15, -0.1) is 0 Å². The third-order valence-electron chi connectivity index (χ3n) is 4.35. The normalized spacial score (nSPS) is 13.7. The number of aryl methyl sites for hydroxylation is 1. The van der Waals surface area contributed by atoms with Crippen LogP contribution in [0.5, 0.6) is 0 Å². The molecule has 1 aromatic heterocycles. The van der Waals surface area contributed by atoms with E-state index in [4.69, 9.17) is 4.52 Å². The van der Waals surface area contributed by atoms with Crippen LogP contribution >= 0.6 is 0 Å². The van der Waals surface area contributed by atoms with Gasteiger partial charge in [-0.3, -0.25) is 9.52 Å². The van der Waals surface area contributed by atoms with Crippen molar-refractivity contribution in [2.45, 2.75) is 18.2 Å². The Morgan fingerprint density at radius 3 is 2.56 bits per heavy atom. The zero-order chi connectivity index (χ0) is 19.2. The third-order valence-corrected chi connectivity index (χ3v) is 5.73. The number of rotatable bonds is 4. The van der Waals surface area contributed by atoms with E-state index in [0.717, 1.165) is 5.69 Å². The van der Waals surface area contributed by atoms with Crippen molar-refractivity contribution < 1.29 is 17.7 Å². The second-order valence-corrected chi connectivity index (χ2v) is 7.93. The number of benzene rings is 2. The lowest BCUT2D eigenvalue weighted by atomic mass is 10.2. The molecule has 3 aromatic rings. The fraction of sp³-hybridized carbons (Fsp3) is 0.167. The van der Waals surface area contributed by atoms with Crippen LogP contribution in [0.1, 0.15) is 11.4 Å². The van der Waals surface area contributed by atoms with Gasteiger partial charge in [-0.05, 0) is 55.0 Å². The summed E-state index contributed by atoms with van der Waals surface area (Å²) in [4.78, 5) is 17.5. The minimum atomic E-state index is -3.77. The molecular weight excluding hydrogens is 368 g/mol. The minimum Gasteiger partial charge on any atom is -0.334 e. The van der Waals surface area contributed by atoms with E-state index in [9.17, 15) is 13.2 Å². The van der Waals surface area contributed by atoms with E-state index < -0.39 is 10.0 Å². The van der Waals surface area contributed by atoms with Crippen molar-refractivity contribution in [3.63, 3.8) is 0 Å². The molecule has 1 aliphatic rings. The fourth-order valence-electron chi connectivity index (χ4n) is 2.92. The van der Waals surface area contributed by atoms with E-state index in [1.54, 1.807) is 44.3 Å². The van der Waals surface area contributed by atoms with Gasteiger partial charge < -0.3 is 9.42 Å². The lowest BCUT2D eigenvalue weighted by Gasteiger charge is -2.12. The predicted octanol–water partition coefficient (Wildman–Crippen LogP) is 2.36. The number of carbonyl (C=O) groups is 1. The Labute approximate surface area is 155 Å². The maximum atomic E-state index is 12.7. The molecule has 9 heteroatoms. The van der Waals surface area contributed by atoms with E-state index in [1.165, 1.54) is 17.0 Å². The van der Waals surface area contributed by atoms with E-state index in [2.05, 4.69) is 14.9 Å². The summed E-state index contributed by atoms with van der Waals surface area (Å²) in [5.74, 6) is 0.837. The summed E-state index contributed by atoms with van der Waals surface area (Å²) in [7, 11) is -2.10. The molecule has 2 heterocycles. The number of nitrogens with zero attached hydrogens (tertiary/aromatic N) is 3. The third kappa shape index (κ3) is 3.17. The highest BCUT2D eigenvalue weighted by Crippen LogP contribution is 2.30. The zero-order valence-corrected chi connectivity index (χ0v) is 15.4. The Balaban J connectivity index is 1.57.